The minimum absolute atomic E-state index is 0.0780. The predicted octanol–water partition coefficient (Wildman–Crippen LogP) is 3.46. The highest BCUT2D eigenvalue weighted by Gasteiger charge is 2.36. The standard InChI is InChI=1S/C15H20BrNO2/c1-10-5-13(6-11(2)14(10)16)17(12(3)18)7-15(4)8-19-9-15/h5-6H,7-9H2,1-4H3. The van der Waals surface area contributed by atoms with Crippen LogP contribution in [0.3, 0.4) is 0 Å². The first-order valence-corrected chi connectivity index (χ1v) is 7.24. The van der Waals surface area contributed by atoms with Crippen molar-refractivity contribution in [3.05, 3.63) is 27.7 Å². The van der Waals surface area contributed by atoms with Gasteiger partial charge in [0.25, 0.3) is 0 Å². The van der Waals surface area contributed by atoms with Crippen LogP contribution in [0.4, 0.5) is 5.69 Å². The molecule has 0 aliphatic carbocycles. The lowest BCUT2D eigenvalue weighted by Crippen LogP contribution is -2.50. The Morgan fingerprint density at radius 1 is 1.37 bits per heavy atom. The monoisotopic (exact) mass is 325 g/mol. The van der Waals surface area contributed by atoms with E-state index in [2.05, 4.69) is 35.0 Å². The van der Waals surface area contributed by atoms with Crippen molar-refractivity contribution in [2.45, 2.75) is 27.7 Å². The molecule has 0 bridgehead atoms. The molecular weight excluding hydrogens is 306 g/mol. The molecule has 0 atom stereocenters. The zero-order chi connectivity index (χ0) is 14.2. The van der Waals surface area contributed by atoms with Crippen molar-refractivity contribution >= 4 is 27.5 Å². The molecular formula is C15H20BrNO2. The quantitative estimate of drug-likeness (QED) is 0.851. The number of carbonyl (C=O) groups excluding carboxylic acids is 1. The van der Waals surface area contributed by atoms with Crippen LogP contribution in [-0.4, -0.2) is 25.7 Å². The van der Waals surface area contributed by atoms with Crippen LogP contribution in [0.2, 0.25) is 0 Å². The van der Waals surface area contributed by atoms with E-state index in [1.54, 1.807) is 6.92 Å². The molecule has 0 saturated carbocycles. The van der Waals surface area contributed by atoms with Crippen LogP contribution in [0.5, 0.6) is 0 Å². The summed E-state index contributed by atoms with van der Waals surface area (Å²) in [7, 11) is 0. The van der Waals surface area contributed by atoms with Crippen molar-refractivity contribution in [3.63, 3.8) is 0 Å². The molecule has 2 rings (SSSR count). The summed E-state index contributed by atoms with van der Waals surface area (Å²) in [5.74, 6) is 0.0780. The molecule has 1 fully saturated rings. The average Bonchev–Trinajstić information content (AvgIpc) is 2.29. The average molecular weight is 326 g/mol. The van der Waals surface area contributed by atoms with Crippen molar-refractivity contribution in [2.75, 3.05) is 24.7 Å². The summed E-state index contributed by atoms with van der Waals surface area (Å²) < 4.78 is 6.38. The zero-order valence-corrected chi connectivity index (χ0v) is 13.5. The van der Waals surface area contributed by atoms with Gasteiger partial charge in [-0.05, 0) is 37.1 Å². The van der Waals surface area contributed by atoms with Crippen LogP contribution in [0.15, 0.2) is 16.6 Å². The number of anilines is 1. The second-order valence-corrected chi connectivity index (χ2v) is 6.60. The molecule has 1 saturated heterocycles. The number of rotatable bonds is 3. The molecule has 1 aromatic carbocycles. The third-order valence-corrected chi connectivity index (χ3v) is 4.80. The minimum Gasteiger partial charge on any atom is -0.380 e. The second-order valence-electron chi connectivity index (χ2n) is 5.80. The molecule has 1 aromatic rings. The van der Waals surface area contributed by atoms with Gasteiger partial charge in [0.1, 0.15) is 0 Å². The number of nitrogens with zero attached hydrogens (tertiary/aromatic N) is 1. The van der Waals surface area contributed by atoms with E-state index in [0.29, 0.717) is 6.54 Å². The summed E-state index contributed by atoms with van der Waals surface area (Å²) in [4.78, 5) is 13.8. The molecule has 0 N–H and O–H groups in total. The number of ether oxygens (including phenoxy) is 1. The molecule has 1 amide bonds. The Labute approximate surface area is 123 Å². The van der Waals surface area contributed by atoms with Gasteiger partial charge in [-0.25, -0.2) is 0 Å². The Balaban J connectivity index is 2.31. The first-order valence-electron chi connectivity index (χ1n) is 6.45. The summed E-state index contributed by atoms with van der Waals surface area (Å²) in [5, 5.41) is 0. The highest BCUT2D eigenvalue weighted by atomic mass is 79.9. The zero-order valence-electron chi connectivity index (χ0n) is 11.9. The van der Waals surface area contributed by atoms with E-state index in [4.69, 9.17) is 4.74 Å². The number of hydrogen-bond acceptors (Lipinski definition) is 2. The van der Waals surface area contributed by atoms with E-state index < -0.39 is 0 Å². The number of benzene rings is 1. The van der Waals surface area contributed by atoms with Crippen LogP contribution in [0.25, 0.3) is 0 Å². The maximum Gasteiger partial charge on any atom is 0.223 e. The summed E-state index contributed by atoms with van der Waals surface area (Å²) in [5.41, 5.74) is 3.35. The van der Waals surface area contributed by atoms with E-state index in [1.807, 2.05) is 18.7 Å². The predicted molar refractivity (Wildman–Crippen MR) is 80.6 cm³/mol. The Hall–Kier alpha value is -0.870. The van der Waals surface area contributed by atoms with Crippen molar-refractivity contribution in [1.29, 1.82) is 0 Å². The van der Waals surface area contributed by atoms with Crippen LogP contribution in [-0.2, 0) is 9.53 Å². The molecule has 104 valence electrons. The summed E-state index contributed by atoms with van der Waals surface area (Å²) in [6, 6.07) is 4.11. The normalized spacial score (nSPS) is 16.9. The number of halogens is 1. The van der Waals surface area contributed by atoms with Gasteiger partial charge in [0, 0.05) is 29.0 Å². The fraction of sp³-hybridized carbons (Fsp3) is 0.533. The Kier molecular flexibility index (Phi) is 4.02. The van der Waals surface area contributed by atoms with Crippen LogP contribution in [0, 0.1) is 19.3 Å². The summed E-state index contributed by atoms with van der Waals surface area (Å²) >= 11 is 3.56. The first-order chi connectivity index (χ1) is 8.82. The first kappa shape index (κ1) is 14.5. The lowest BCUT2D eigenvalue weighted by atomic mass is 9.87. The highest BCUT2D eigenvalue weighted by Crippen LogP contribution is 2.32. The maximum atomic E-state index is 11.9. The van der Waals surface area contributed by atoms with Gasteiger partial charge in [0.05, 0.1) is 13.2 Å². The van der Waals surface area contributed by atoms with Crippen LogP contribution in [0.1, 0.15) is 25.0 Å². The fourth-order valence-corrected chi connectivity index (χ4v) is 2.62. The fourth-order valence-electron chi connectivity index (χ4n) is 2.39. The number of hydrogen-bond donors (Lipinski definition) is 0. The van der Waals surface area contributed by atoms with E-state index in [-0.39, 0.29) is 11.3 Å². The molecule has 3 nitrogen and oxygen atoms in total. The molecule has 0 spiro atoms. The molecule has 1 heterocycles. The van der Waals surface area contributed by atoms with Gasteiger partial charge in [-0.2, -0.15) is 0 Å². The lowest BCUT2D eigenvalue weighted by molar-refractivity contribution is -0.120. The van der Waals surface area contributed by atoms with Gasteiger partial charge in [0.2, 0.25) is 5.91 Å². The van der Waals surface area contributed by atoms with Crippen molar-refractivity contribution < 1.29 is 9.53 Å². The molecule has 0 unspecified atom stereocenters. The molecule has 1 aliphatic rings. The minimum atomic E-state index is 0.0780. The summed E-state index contributed by atoms with van der Waals surface area (Å²) in [6.45, 7) is 10.0. The van der Waals surface area contributed by atoms with Crippen molar-refractivity contribution in [3.8, 4) is 0 Å². The highest BCUT2D eigenvalue weighted by molar-refractivity contribution is 9.10. The van der Waals surface area contributed by atoms with E-state index >= 15 is 0 Å². The van der Waals surface area contributed by atoms with Gasteiger partial charge in [-0.15, -0.1) is 0 Å². The maximum absolute atomic E-state index is 11.9. The number of aryl methyl sites for hydroxylation is 2. The second kappa shape index (κ2) is 5.25. The van der Waals surface area contributed by atoms with E-state index in [0.717, 1.165) is 34.5 Å². The lowest BCUT2D eigenvalue weighted by Gasteiger charge is -2.41. The van der Waals surface area contributed by atoms with Gasteiger partial charge in [0.15, 0.2) is 0 Å². The third kappa shape index (κ3) is 3.00. The van der Waals surface area contributed by atoms with Gasteiger partial charge in [-0.1, -0.05) is 22.9 Å². The smallest absolute Gasteiger partial charge is 0.223 e. The molecule has 1 aliphatic heterocycles. The topological polar surface area (TPSA) is 29.5 Å². The number of carbonyl (C=O) groups is 1. The van der Waals surface area contributed by atoms with E-state index in [1.165, 1.54) is 0 Å². The molecule has 0 radical (unpaired) electrons. The Morgan fingerprint density at radius 3 is 2.26 bits per heavy atom. The Bertz CT molecular complexity index is 486. The Morgan fingerprint density at radius 2 is 1.89 bits per heavy atom. The van der Waals surface area contributed by atoms with Crippen molar-refractivity contribution in [1.82, 2.24) is 0 Å². The van der Waals surface area contributed by atoms with Crippen molar-refractivity contribution in [2.24, 2.45) is 5.41 Å². The van der Waals surface area contributed by atoms with Gasteiger partial charge < -0.3 is 9.64 Å². The van der Waals surface area contributed by atoms with Crippen LogP contribution >= 0.6 is 15.9 Å². The molecule has 4 heteroatoms. The summed E-state index contributed by atoms with van der Waals surface area (Å²) in [6.07, 6.45) is 0. The molecule has 19 heavy (non-hydrogen) atoms. The van der Waals surface area contributed by atoms with Crippen LogP contribution < -0.4 is 4.90 Å². The molecule has 0 aromatic heterocycles. The van der Waals surface area contributed by atoms with Gasteiger partial charge in [-0.3, -0.25) is 4.79 Å². The number of amides is 1. The third-order valence-electron chi connectivity index (χ3n) is 3.55. The SMILES string of the molecule is CC(=O)N(CC1(C)COC1)c1cc(C)c(Br)c(C)c1. The van der Waals surface area contributed by atoms with Gasteiger partial charge >= 0.3 is 0 Å². The van der Waals surface area contributed by atoms with E-state index in [9.17, 15) is 4.79 Å². The largest absolute Gasteiger partial charge is 0.380 e.